The largest absolute Gasteiger partial charge is 0.469 e. The van der Waals surface area contributed by atoms with Crippen molar-refractivity contribution in [1.29, 1.82) is 0 Å². The van der Waals surface area contributed by atoms with E-state index >= 15 is 0 Å². The Morgan fingerprint density at radius 2 is 1.13 bits per heavy atom. The van der Waals surface area contributed by atoms with Crippen LogP contribution in [0.2, 0.25) is 0 Å². The van der Waals surface area contributed by atoms with Crippen LogP contribution in [0.4, 0.5) is 0 Å². The number of hydrogen-bond donors (Lipinski definition) is 5. The second-order valence-corrected chi connectivity index (χ2v) is 19.1. The van der Waals surface area contributed by atoms with Crippen LogP contribution < -0.4 is 0 Å². The third-order valence-corrected chi connectivity index (χ3v) is 12.2. The molecule has 1 aliphatic rings. The van der Waals surface area contributed by atoms with Gasteiger partial charge in [0.2, 0.25) is 0 Å². The summed E-state index contributed by atoms with van der Waals surface area (Å²) in [6, 6.07) is 0. The lowest BCUT2D eigenvalue weighted by Crippen LogP contribution is -2.29. The van der Waals surface area contributed by atoms with Gasteiger partial charge in [0.1, 0.15) is 12.4 Å². The number of unbranched alkanes of at least 4 members (excludes halogenated alkanes) is 20. The van der Waals surface area contributed by atoms with E-state index in [2.05, 4.69) is 25.3 Å². The molecule has 6 atom stereocenters. The summed E-state index contributed by atoms with van der Waals surface area (Å²) in [6.45, 7) is 5.64. The molecule has 0 aromatic rings. The predicted molar refractivity (Wildman–Crippen MR) is 237 cm³/mol. The van der Waals surface area contributed by atoms with Crippen molar-refractivity contribution in [3.63, 3.8) is 0 Å². The molecule has 60 heavy (non-hydrogen) atoms. The van der Waals surface area contributed by atoms with Crippen molar-refractivity contribution in [2.24, 2.45) is 17.8 Å². The molecule has 0 spiro atoms. The van der Waals surface area contributed by atoms with Gasteiger partial charge in [0, 0.05) is 43.9 Å². The standard InChI is InChI=1S/C47H87O12P/c1-4-5-22-28-39(48)32-33-42-43(45(51)35-44(42)50)34-40(49)29-25-26-30-46(52)57-36-41(37-58-60(54,55)56)59-47(53)31-24-21-19-17-15-13-11-9-7-6-8-10-12-14-16-18-20-23-27-38(2)3/h32-33,38-39,41-45,48,50-51H,4-31,34-37H2,1-3H3,(H2,54,55,56)/b33-32+/t39-,41+,42+,43+,44+,45-/m0/s1. The van der Waals surface area contributed by atoms with Crippen LogP contribution in [-0.4, -0.2) is 80.5 Å². The van der Waals surface area contributed by atoms with Gasteiger partial charge in [0.05, 0.1) is 24.9 Å². The predicted octanol–water partition coefficient (Wildman–Crippen LogP) is 10.4. The van der Waals surface area contributed by atoms with Gasteiger partial charge in [-0.05, 0) is 31.6 Å². The summed E-state index contributed by atoms with van der Waals surface area (Å²) < 4.78 is 26.4. The number of carbonyl (C=O) groups excluding carboxylic acids is 3. The zero-order valence-electron chi connectivity index (χ0n) is 37.9. The summed E-state index contributed by atoms with van der Waals surface area (Å²) in [5.74, 6) is -1.31. The Morgan fingerprint density at radius 1 is 0.650 bits per heavy atom. The van der Waals surface area contributed by atoms with E-state index in [0.29, 0.717) is 25.7 Å². The fourth-order valence-corrected chi connectivity index (χ4v) is 8.39. The molecule has 0 aromatic carbocycles. The van der Waals surface area contributed by atoms with Gasteiger partial charge in [0.15, 0.2) is 6.10 Å². The average molecular weight is 875 g/mol. The van der Waals surface area contributed by atoms with E-state index in [-0.39, 0.29) is 37.9 Å². The molecule has 5 N–H and O–H groups in total. The minimum atomic E-state index is -4.85. The summed E-state index contributed by atoms with van der Waals surface area (Å²) in [6.07, 6.45) is 28.5. The maximum atomic E-state index is 12.8. The first-order chi connectivity index (χ1) is 28.7. The third kappa shape index (κ3) is 32.1. The Hall–Kier alpha value is -1.66. The first-order valence-electron chi connectivity index (χ1n) is 24.0. The first kappa shape index (κ1) is 56.4. The highest BCUT2D eigenvalue weighted by Crippen LogP contribution is 2.37. The van der Waals surface area contributed by atoms with Crippen molar-refractivity contribution in [3.05, 3.63) is 12.2 Å². The minimum Gasteiger partial charge on any atom is -0.462 e. The highest BCUT2D eigenvalue weighted by Gasteiger charge is 2.41. The summed E-state index contributed by atoms with van der Waals surface area (Å²) in [5.41, 5.74) is 0. The molecular weight excluding hydrogens is 787 g/mol. The van der Waals surface area contributed by atoms with Crippen molar-refractivity contribution < 1.29 is 58.1 Å². The van der Waals surface area contributed by atoms with E-state index in [1.165, 1.54) is 96.3 Å². The lowest BCUT2D eigenvalue weighted by molar-refractivity contribution is -0.161. The molecule has 0 amide bonds. The molecule has 0 bridgehead atoms. The van der Waals surface area contributed by atoms with Crippen LogP contribution in [0.3, 0.4) is 0 Å². The van der Waals surface area contributed by atoms with E-state index in [1.54, 1.807) is 12.2 Å². The van der Waals surface area contributed by atoms with Crippen molar-refractivity contribution in [2.45, 2.75) is 238 Å². The highest BCUT2D eigenvalue weighted by molar-refractivity contribution is 7.46. The topological polar surface area (TPSA) is 197 Å². The van der Waals surface area contributed by atoms with Gasteiger partial charge in [-0.15, -0.1) is 0 Å². The van der Waals surface area contributed by atoms with Crippen LogP contribution in [-0.2, 0) is 32.9 Å². The fourth-order valence-electron chi connectivity index (χ4n) is 8.03. The van der Waals surface area contributed by atoms with E-state index in [4.69, 9.17) is 19.3 Å². The smallest absolute Gasteiger partial charge is 0.462 e. The molecule has 1 fully saturated rings. The molecule has 12 nitrogen and oxygen atoms in total. The molecule has 1 aliphatic carbocycles. The molecule has 13 heteroatoms. The number of ether oxygens (including phenoxy) is 2. The van der Waals surface area contributed by atoms with Crippen LogP contribution in [0.1, 0.15) is 213 Å². The number of carbonyl (C=O) groups is 3. The number of phosphoric acid groups is 1. The average Bonchev–Trinajstić information content (AvgIpc) is 3.45. The highest BCUT2D eigenvalue weighted by atomic mass is 31.2. The lowest BCUT2D eigenvalue weighted by Gasteiger charge is -2.20. The van der Waals surface area contributed by atoms with E-state index in [9.17, 15) is 34.3 Å². The molecular formula is C47H87O12P. The summed E-state index contributed by atoms with van der Waals surface area (Å²) >= 11 is 0. The van der Waals surface area contributed by atoms with Crippen LogP contribution in [0.15, 0.2) is 12.2 Å². The number of aliphatic hydroxyl groups is 3. The van der Waals surface area contributed by atoms with Gasteiger partial charge in [0.25, 0.3) is 0 Å². The second kappa shape index (κ2) is 35.8. The number of rotatable bonds is 40. The molecule has 0 aliphatic heterocycles. The van der Waals surface area contributed by atoms with Gasteiger partial charge in [-0.3, -0.25) is 18.9 Å². The number of phosphoric ester groups is 1. The minimum absolute atomic E-state index is 0.0155. The number of hydrogen-bond acceptors (Lipinski definition) is 10. The second-order valence-electron chi connectivity index (χ2n) is 17.9. The van der Waals surface area contributed by atoms with Crippen LogP contribution >= 0.6 is 7.82 Å². The Balaban J connectivity index is 2.20. The Labute approximate surface area is 363 Å². The fraction of sp³-hybridized carbons (Fsp3) is 0.894. The molecule has 352 valence electrons. The van der Waals surface area contributed by atoms with Gasteiger partial charge < -0.3 is 34.6 Å². The molecule has 0 saturated heterocycles. The van der Waals surface area contributed by atoms with Gasteiger partial charge in [-0.1, -0.05) is 168 Å². The first-order valence-corrected chi connectivity index (χ1v) is 25.5. The Bertz CT molecular complexity index is 1170. The normalized spacial score (nSPS) is 19.3. The number of ketones is 1. The molecule has 1 rings (SSSR count). The van der Waals surface area contributed by atoms with E-state index in [1.807, 2.05) is 0 Å². The maximum Gasteiger partial charge on any atom is 0.469 e. The zero-order chi connectivity index (χ0) is 44.4. The maximum absolute atomic E-state index is 12.8. The molecule has 0 aromatic heterocycles. The number of esters is 2. The summed E-state index contributed by atoms with van der Waals surface area (Å²) in [7, 11) is -4.85. The Morgan fingerprint density at radius 3 is 1.67 bits per heavy atom. The Kier molecular flexibility index (Phi) is 33.6. The molecule has 0 unspecified atom stereocenters. The van der Waals surface area contributed by atoms with Crippen LogP contribution in [0.5, 0.6) is 0 Å². The molecule has 0 heterocycles. The van der Waals surface area contributed by atoms with Crippen LogP contribution in [0.25, 0.3) is 0 Å². The summed E-state index contributed by atoms with van der Waals surface area (Å²) in [5, 5.41) is 31.2. The SMILES string of the molecule is CCCCC[C@H](O)/C=C/[C@@H]1[C@@H](CC(=O)CCCCC(=O)OC[C@H](COP(=O)(O)O)OC(=O)CCCCCCCCCCCCCCCCCCCCC(C)C)[C@@H](O)C[C@H]1O. The van der Waals surface area contributed by atoms with Gasteiger partial charge in [-0.2, -0.15) is 0 Å². The molecule has 0 radical (unpaired) electrons. The van der Waals surface area contributed by atoms with Crippen molar-refractivity contribution >= 4 is 25.5 Å². The van der Waals surface area contributed by atoms with Gasteiger partial charge in [-0.25, -0.2) is 4.57 Å². The molecule has 1 saturated carbocycles. The van der Waals surface area contributed by atoms with E-state index in [0.717, 1.165) is 44.4 Å². The van der Waals surface area contributed by atoms with Crippen molar-refractivity contribution in [2.75, 3.05) is 13.2 Å². The quantitative estimate of drug-likeness (QED) is 0.0169. The number of aliphatic hydroxyl groups excluding tert-OH is 3. The van der Waals surface area contributed by atoms with Gasteiger partial charge >= 0.3 is 19.8 Å². The van der Waals surface area contributed by atoms with Crippen molar-refractivity contribution in [3.8, 4) is 0 Å². The zero-order valence-corrected chi connectivity index (χ0v) is 38.8. The third-order valence-electron chi connectivity index (χ3n) is 11.7. The number of Topliss-reactive ketones (excluding diaryl/α,β-unsaturated/α-hetero) is 1. The summed E-state index contributed by atoms with van der Waals surface area (Å²) in [4.78, 5) is 56.0. The lowest BCUT2D eigenvalue weighted by atomic mass is 9.87. The van der Waals surface area contributed by atoms with E-state index < -0.39 is 69.2 Å². The monoisotopic (exact) mass is 875 g/mol. The van der Waals surface area contributed by atoms with Crippen molar-refractivity contribution in [1.82, 2.24) is 0 Å². The van der Waals surface area contributed by atoms with Crippen LogP contribution in [0, 0.1) is 17.8 Å².